The SMILES string of the molecule is C[C@@H](C(=O)NC1CC1)S(=O)(=O)Cc1nc(Cc2ccccc2)no1. The first-order valence-corrected chi connectivity index (χ1v) is 9.53. The van der Waals surface area contributed by atoms with Crippen LogP contribution in [0.15, 0.2) is 34.9 Å². The van der Waals surface area contributed by atoms with Gasteiger partial charge < -0.3 is 9.84 Å². The van der Waals surface area contributed by atoms with Crippen LogP contribution in [0.1, 0.15) is 37.0 Å². The molecule has 1 aromatic heterocycles. The Bertz CT molecular complexity index is 813. The molecule has 1 saturated carbocycles. The minimum atomic E-state index is -3.70. The summed E-state index contributed by atoms with van der Waals surface area (Å²) in [4.78, 5) is 16.0. The fourth-order valence-corrected chi connectivity index (χ4v) is 3.31. The third kappa shape index (κ3) is 4.19. The van der Waals surface area contributed by atoms with Crippen LogP contribution in [0.3, 0.4) is 0 Å². The van der Waals surface area contributed by atoms with Gasteiger partial charge in [0.25, 0.3) is 0 Å². The van der Waals surface area contributed by atoms with E-state index in [4.69, 9.17) is 4.52 Å². The monoisotopic (exact) mass is 349 g/mol. The normalized spacial score (nSPS) is 15.9. The van der Waals surface area contributed by atoms with Crippen LogP contribution in [0.5, 0.6) is 0 Å². The lowest BCUT2D eigenvalue weighted by molar-refractivity contribution is -0.120. The Morgan fingerprint density at radius 3 is 2.71 bits per heavy atom. The summed E-state index contributed by atoms with van der Waals surface area (Å²) >= 11 is 0. The maximum atomic E-state index is 12.3. The summed E-state index contributed by atoms with van der Waals surface area (Å²) in [7, 11) is -3.70. The fourth-order valence-electron chi connectivity index (χ4n) is 2.21. The first-order valence-electron chi connectivity index (χ1n) is 7.81. The summed E-state index contributed by atoms with van der Waals surface area (Å²) < 4.78 is 29.7. The fraction of sp³-hybridized carbons (Fsp3) is 0.438. The molecule has 1 N–H and O–H groups in total. The summed E-state index contributed by atoms with van der Waals surface area (Å²) in [5.74, 6) is -0.483. The van der Waals surface area contributed by atoms with Crippen LogP contribution in [0, 0.1) is 0 Å². The van der Waals surface area contributed by atoms with Gasteiger partial charge in [-0.15, -0.1) is 0 Å². The quantitative estimate of drug-likeness (QED) is 0.807. The van der Waals surface area contributed by atoms with Crippen LogP contribution in [-0.4, -0.2) is 35.8 Å². The molecule has 2 aromatic rings. The lowest BCUT2D eigenvalue weighted by atomic mass is 10.1. The van der Waals surface area contributed by atoms with E-state index in [9.17, 15) is 13.2 Å². The molecule has 1 heterocycles. The summed E-state index contributed by atoms with van der Waals surface area (Å²) in [5, 5.41) is 5.37. The molecule has 7 nitrogen and oxygen atoms in total. The summed E-state index contributed by atoms with van der Waals surface area (Å²) in [6, 6.07) is 9.69. The van der Waals surface area contributed by atoms with Crippen molar-refractivity contribution in [2.24, 2.45) is 0 Å². The number of sulfone groups is 1. The lowest BCUT2D eigenvalue weighted by Crippen LogP contribution is -2.39. The van der Waals surface area contributed by atoms with Gasteiger partial charge >= 0.3 is 0 Å². The molecule has 3 rings (SSSR count). The molecule has 1 aromatic carbocycles. The Morgan fingerprint density at radius 1 is 1.33 bits per heavy atom. The van der Waals surface area contributed by atoms with Crippen molar-refractivity contribution in [3.05, 3.63) is 47.6 Å². The molecule has 1 aliphatic rings. The van der Waals surface area contributed by atoms with Gasteiger partial charge in [0, 0.05) is 12.5 Å². The summed E-state index contributed by atoms with van der Waals surface area (Å²) in [6.45, 7) is 1.38. The molecule has 1 amide bonds. The van der Waals surface area contributed by atoms with E-state index in [2.05, 4.69) is 15.5 Å². The van der Waals surface area contributed by atoms with E-state index in [1.54, 1.807) is 0 Å². The molecule has 128 valence electrons. The first-order chi connectivity index (χ1) is 11.4. The van der Waals surface area contributed by atoms with Gasteiger partial charge in [-0.25, -0.2) is 8.42 Å². The Morgan fingerprint density at radius 2 is 2.04 bits per heavy atom. The van der Waals surface area contributed by atoms with Crippen molar-refractivity contribution in [1.29, 1.82) is 0 Å². The third-order valence-corrected chi connectivity index (χ3v) is 5.81. The number of nitrogens with one attached hydrogen (secondary N) is 1. The van der Waals surface area contributed by atoms with Crippen molar-refractivity contribution in [1.82, 2.24) is 15.5 Å². The maximum Gasteiger partial charge on any atom is 0.241 e. The van der Waals surface area contributed by atoms with Gasteiger partial charge in [0.1, 0.15) is 11.0 Å². The van der Waals surface area contributed by atoms with Gasteiger partial charge in [0.15, 0.2) is 15.7 Å². The number of carbonyl (C=O) groups excluding carboxylic acids is 1. The predicted octanol–water partition coefficient (Wildman–Crippen LogP) is 1.24. The Balaban J connectivity index is 1.63. The highest BCUT2D eigenvalue weighted by Crippen LogP contribution is 2.20. The van der Waals surface area contributed by atoms with E-state index in [0.717, 1.165) is 18.4 Å². The van der Waals surface area contributed by atoms with Gasteiger partial charge in [0.2, 0.25) is 11.8 Å². The molecule has 0 saturated heterocycles. The van der Waals surface area contributed by atoms with Crippen molar-refractivity contribution in [2.75, 3.05) is 0 Å². The Hall–Kier alpha value is -2.22. The number of rotatable bonds is 7. The molecule has 1 fully saturated rings. The van der Waals surface area contributed by atoms with Crippen LogP contribution in [0.4, 0.5) is 0 Å². The number of hydrogen-bond acceptors (Lipinski definition) is 6. The zero-order valence-electron chi connectivity index (χ0n) is 13.3. The highest BCUT2D eigenvalue weighted by atomic mass is 32.2. The van der Waals surface area contributed by atoms with Crippen LogP contribution in [0.2, 0.25) is 0 Å². The number of benzene rings is 1. The van der Waals surface area contributed by atoms with Crippen LogP contribution < -0.4 is 5.32 Å². The zero-order chi connectivity index (χ0) is 17.2. The molecule has 0 radical (unpaired) electrons. The van der Waals surface area contributed by atoms with E-state index < -0.39 is 26.7 Å². The van der Waals surface area contributed by atoms with Crippen molar-refractivity contribution < 1.29 is 17.7 Å². The molecule has 0 bridgehead atoms. The van der Waals surface area contributed by atoms with Gasteiger partial charge in [-0.05, 0) is 25.3 Å². The molecular weight excluding hydrogens is 330 g/mol. The smallest absolute Gasteiger partial charge is 0.241 e. The van der Waals surface area contributed by atoms with E-state index in [1.807, 2.05) is 30.3 Å². The number of nitrogens with zero attached hydrogens (tertiary/aromatic N) is 2. The Labute approximate surface area is 140 Å². The van der Waals surface area contributed by atoms with Crippen molar-refractivity contribution >= 4 is 15.7 Å². The average Bonchev–Trinajstić information content (AvgIpc) is 3.26. The molecule has 24 heavy (non-hydrogen) atoms. The third-order valence-electron chi connectivity index (χ3n) is 3.87. The summed E-state index contributed by atoms with van der Waals surface area (Å²) in [6.07, 6.45) is 2.28. The summed E-state index contributed by atoms with van der Waals surface area (Å²) in [5.41, 5.74) is 1.00. The maximum absolute atomic E-state index is 12.3. The number of hydrogen-bond donors (Lipinski definition) is 1. The molecule has 8 heteroatoms. The van der Waals surface area contributed by atoms with Gasteiger partial charge in [-0.1, -0.05) is 35.5 Å². The number of aromatic nitrogens is 2. The molecule has 0 aliphatic heterocycles. The molecule has 0 spiro atoms. The minimum absolute atomic E-state index is 0.00648. The van der Waals surface area contributed by atoms with Crippen LogP contribution in [-0.2, 0) is 26.8 Å². The Kier molecular flexibility index (Phi) is 4.66. The molecule has 0 unspecified atom stereocenters. The molecule has 1 aliphatic carbocycles. The molecule has 1 atom stereocenters. The predicted molar refractivity (Wildman–Crippen MR) is 86.8 cm³/mol. The second-order valence-corrected chi connectivity index (χ2v) is 8.32. The number of carbonyl (C=O) groups is 1. The van der Waals surface area contributed by atoms with Crippen molar-refractivity contribution in [3.8, 4) is 0 Å². The standard InChI is InChI=1S/C16H19N3O4S/c1-11(16(20)17-13-7-8-13)24(21,22)10-15-18-14(19-23-15)9-12-5-3-2-4-6-12/h2-6,11,13H,7-10H2,1H3,(H,17,20)/t11-/m0/s1. The second kappa shape index (κ2) is 6.72. The van der Waals surface area contributed by atoms with E-state index in [0.29, 0.717) is 12.2 Å². The molecular formula is C16H19N3O4S. The second-order valence-electron chi connectivity index (χ2n) is 6.00. The topological polar surface area (TPSA) is 102 Å². The van der Waals surface area contributed by atoms with Gasteiger partial charge in [-0.2, -0.15) is 4.98 Å². The van der Waals surface area contributed by atoms with E-state index in [1.165, 1.54) is 6.92 Å². The highest BCUT2D eigenvalue weighted by Gasteiger charge is 2.33. The van der Waals surface area contributed by atoms with E-state index >= 15 is 0 Å². The van der Waals surface area contributed by atoms with Crippen LogP contribution >= 0.6 is 0 Å². The highest BCUT2D eigenvalue weighted by molar-refractivity contribution is 7.92. The average molecular weight is 349 g/mol. The van der Waals surface area contributed by atoms with E-state index in [-0.39, 0.29) is 11.9 Å². The lowest BCUT2D eigenvalue weighted by Gasteiger charge is -2.11. The number of amides is 1. The largest absolute Gasteiger partial charge is 0.352 e. The minimum Gasteiger partial charge on any atom is -0.352 e. The van der Waals surface area contributed by atoms with Gasteiger partial charge in [-0.3, -0.25) is 4.79 Å². The van der Waals surface area contributed by atoms with Crippen LogP contribution in [0.25, 0.3) is 0 Å². The van der Waals surface area contributed by atoms with Gasteiger partial charge in [0.05, 0.1) is 0 Å². The first kappa shape index (κ1) is 16.6. The van der Waals surface area contributed by atoms with Crippen molar-refractivity contribution in [2.45, 2.75) is 43.2 Å². The van der Waals surface area contributed by atoms with Crippen molar-refractivity contribution in [3.63, 3.8) is 0 Å². The zero-order valence-corrected chi connectivity index (χ0v) is 14.1.